The molecule has 1 aromatic rings. The van der Waals surface area contributed by atoms with Crippen LogP contribution in [0.1, 0.15) is 24.0 Å². The monoisotopic (exact) mass is 248 g/mol. The van der Waals surface area contributed by atoms with E-state index in [1.807, 2.05) is 6.07 Å². The van der Waals surface area contributed by atoms with Crippen molar-refractivity contribution in [2.24, 2.45) is 0 Å². The van der Waals surface area contributed by atoms with Crippen molar-refractivity contribution in [3.8, 4) is 0 Å². The fourth-order valence-electron chi connectivity index (χ4n) is 3.22. The lowest BCUT2D eigenvalue weighted by Crippen LogP contribution is -2.45. The first kappa shape index (κ1) is 12.1. The van der Waals surface area contributed by atoms with E-state index in [0.717, 1.165) is 19.5 Å². The van der Waals surface area contributed by atoms with Gasteiger partial charge < -0.3 is 4.90 Å². The van der Waals surface area contributed by atoms with E-state index in [4.69, 9.17) is 0 Å². The zero-order chi connectivity index (χ0) is 12.5. The van der Waals surface area contributed by atoms with Crippen LogP contribution in [0.25, 0.3) is 0 Å². The van der Waals surface area contributed by atoms with Crippen molar-refractivity contribution in [2.75, 3.05) is 26.7 Å². The second-order valence-corrected chi connectivity index (χ2v) is 5.67. The van der Waals surface area contributed by atoms with Gasteiger partial charge in [-0.25, -0.2) is 4.39 Å². The zero-order valence-corrected chi connectivity index (χ0v) is 11.0. The Balaban J connectivity index is 1.70. The van der Waals surface area contributed by atoms with Gasteiger partial charge in [0.05, 0.1) is 0 Å². The van der Waals surface area contributed by atoms with Crippen molar-refractivity contribution < 1.29 is 4.39 Å². The molecule has 2 aliphatic heterocycles. The lowest BCUT2D eigenvalue weighted by Gasteiger charge is -2.39. The molecule has 3 heteroatoms. The smallest absolute Gasteiger partial charge is 0.123 e. The molecule has 0 unspecified atom stereocenters. The minimum Gasteiger partial charge on any atom is -0.306 e. The fraction of sp³-hybridized carbons (Fsp3) is 0.600. The first-order valence-electron chi connectivity index (χ1n) is 6.92. The number of nitrogens with zero attached hydrogens (tertiary/aromatic N) is 2. The number of rotatable bonds is 1. The SMILES string of the molecule is CN1CCC(N2CCc3ccc(F)cc3C2)CC1. The molecule has 3 rings (SSSR count). The number of benzene rings is 1. The Hall–Kier alpha value is -0.930. The molecule has 2 heterocycles. The summed E-state index contributed by atoms with van der Waals surface area (Å²) in [6.07, 6.45) is 3.57. The fourth-order valence-corrected chi connectivity index (χ4v) is 3.22. The first-order valence-corrected chi connectivity index (χ1v) is 6.92. The Morgan fingerprint density at radius 2 is 1.89 bits per heavy atom. The second-order valence-electron chi connectivity index (χ2n) is 5.67. The number of halogens is 1. The molecule has 1 saturated heterocycles. The summed E-state index contributed by atoms with van der Waals surface area (Å²) >= 11 is 0. The highest BCUT2D eigenvalue weighted by molar-refractivity contribution is 5.30. The Kier molecular flexibility index (Phi) is 3.35. The van der Waals surface area contributed by atoms with Crippen molar-refractivity contribution in [3.05, 3.63) is 35.1 Å². The maximum atomic E-state index is 13.3. The number of hydrogen-bond donors (Lipinski definition) is 0. The van der Waals surface area contributed by atoms with Gasteiger partial charge in [0.25, 0.3) is 0 Å². The molecule has 0 atom stereocenters. The molecule has 1 aromatic carbocycles. The van der Waals surface area contributed by atoms with Crippen LogP contribution in [0.15, 0.2) is 18.2 Å². The largest absolute Gasteiger partial charge is 0.306 e. The highest BCUT2D eigenvalue weighted by atomic mass is 19.1. The topological polar surface area (TPSA) is 6.48 Å². The molecule has 2 nitrogen and oxygen atoms in total. The standard InChI is InChI=1S/C15H21FN2/c1-17-7-5-15(6-8-17)18-9-4-12-2-3-14(16)10-13(12)11-18/h2-3,10,15H,4-9,11H2,1H3. The molecule has 0 saturated carbocycles. The van der Waals surface area contributed by atoms with Gasteiger partial charge in [-0.15, -0.1) is 0 Å². The second kappa shape index (κ2) is 4.98. The third-order valence-corrected chi connectivity index (χ3v) is 4.41. The molecular weight excluding hydrogens is 227 g/mol. The molecule has 0 radical (unpaired) electrons. The summed E-state index contributed by atoms with van der Waals surface area (Å²) in [5.41, 5.74) is 2.53. The van der Waals surface area contributed by atoms with E-state index in [-0.39, 0.29) is 5.82 Å². The summed E-state index contributed by atoms with van der Waals surface area (Å²) in [4.78, 5) is 4.95. The lowest BCUT2D eigenvalue weighted by atomic mass is 9.95. The number of hydrogen-bond acceptors (Lipinski definition) is 2. The summed E-state index contributed by atoms with van der Waals surface area (Å²) in [6.45, 7) is 4.45. The average Bonchev–Trinajstić information content (AvgIpc) is 2.38. The molecule has 1 fully saturated rings. The van der Waals surface area contributed by atoms with E-state index in [0.29, 0.717) is 6.04 Å². The van der Waals surface area contributed by atoms with Gasteiger partial charge in [-0.05, 0) is 62.7 Å². The number of piperidine rings is 1. The normalized spacial score (nSPS) is 23.0. The molecule has 0 N–H and O–H groups in total. The van der Waals surface area contributed by atoms with Crippen LogP contribution in [-0.2, 0) is 13.0 Å². The summed E-state index contributed by atoms with van der Waals surface area (Å²) in [7, 11) is 2.19. The average molecular weight is 248 g/mol. The van der Waals surface area contributed by atoms with Gasteiger partial charge in [0.1, 0.15) is 5.82 Å². The van der Waals surface area contributed by atoms with E-state index >= 15 is 0 Å². The summed E-state index contributed by atoms with van der Waals surface area (Å²) < 4.78 is 13.3. The van der Waals surface area contributed by atoms with E-state index in [9.17, 15) is 4.39 Å². The predicted octanol–water partition coefficient (Wildman–Crippen LogP) is 2.28. The highest BCUT2D eigenvalue weighted by Crippen LogP contribution is 2.25. The third-order valence-electron chi connectivity index (χ3n) is 4.41. The first-order chi connectivity index (χ1) is 8.72. The maximum Gasteiger partial charge on any atom is 0.123 e. The molecule has 0 bridgehead atoms. The van der Waals surface area contributed by atoms with Gasteiger partial charge in [0.2, 0.25) is 0 Å². The van der Waals surface area contributed by atoms with Crippen molar-refractivity contribution in [3.63, 3.8) is 0 Å². The zero-order valence-electron chi connectivity index (χ0n) is 11.0. The van der Waals surface area contributed by atoms with E-state index < -0.39 is 0 Å². The van der Waals surface area contributed by atoms with E-state index in [1.165, 1.54) is 37.1 Å². The molecule has 0 amide bonds. The van der Waals surface area contributed by atoms with Gasteiger partial charge in [0.15, 0.2) is 0 Å². The maximum absolute atomic E-state index is 13.3. The minimum atomic E-state index is -0.0982. The van der Waals surface area contributed by atoms with Crippen molar-refractivity contribution in [2.45, 2.75) is 31.8 Å². The third kappa shape index (κ3) is 2.43. The molecule has 18 heavy (non-hydrogen) atoms. The van der Waals surface area contributed by atoms with Crippen LogP contribution in [0, 0.1) is 5.82 Å². The van der Waals surface area contributed by atoms with Gasteiger partial charge in [-0.3, -0.25) is 4.90 Å². The molecule has 98 valence electrons. The van der Waals surface area contributed by atoms with Crippen LogP contribution < -0.4 is 0 Å². The van der Waals surface area contributed by atoms with Gasteiger partial charge in [-0.2, -0.15) is 0 Å². The van der Waals surface area contributed by atoms with Gasteiger partial charge in [0, 0.05) is 19.1 Å². The summed E-state index contributed by atoms with van der Waals surface area (Å²) in [6, 6.07) is 5.95. The van der Waals surface area contributed by atoms with Crippen LogP contribution >= 0.6 is 0 Å². The number of likely N-dealkylation sites (tertiary alicyclic amines) is 1. The lowest BCUT2D eigenvalue weighted by molar-refractivity contribution is 0.109. The van der Waals surface area contributed by atoms with Crippen LogP contribution in [0.5, 0.6) is 0 Å². The van der Waals surface area contributed by atoms with Crippen LogP contribution in [0.3, 0.4) is 0 Å². The number of fused-ring (bicyclic) bond motifs is 1. The summed E-state index contributed by atoms with van der Waals surface area (Å²) in [5, 5.41) is 0. The Morgan fingerprint density at radius 1 is 1.11 bits per heavy atom. The molecule has 0 aliphatic carbocycles. The molecule has 0 spiro atoms. The molecule has 2 aliphatic rings. The molecular formula is C15H21FN2. The Morgan fingerprint density at radius 3 is 2.67 bits per heavy atom. The van der Waals surface area contributed by atoms with Gasteiger partial charge in [-0.1, -0.05) is 6.07 Å². The van der Waals surface area contributed by atoms with Crippen LogP contribution in [0.4, 0.5) is 4.39 Å². The molecule has 0 aromatic heterocycles. The highest BCUT2D eigenvalue weighted by Gasteiger charge is 2.26. The van der Waals surface area contributed by atoms with Crippen molar-refractivity contribution in [1.29, 1.82) is 0 Å². The van der Waals surface area contributed by atoms with E-state index in [2.05, 4.69) is 16.8 Å². The predicted molar refractivity (Wildman–Crippen MR) is 71.0 cm³/mol. The van der Waals surface area contributed by atoms with Crippen molar-refractivity contribution >= 4 is 0 Å². The summed E-state index contributed by atoms with van der Waals surface area (Å²) in [5.74, 6) is -0.0982. The van der Waals surface area contributed by atoms with E-state index in [1.54, 1.807) is 12.1 Å². The van der Waals surface area contributed by atoms with Crippen LogP contribution in [0.2, 0.25) is 0 Å². The van der Waals surface area contributed by atoms with Crippen molar-refractivity contribution in [1.82, 2.24) is 9.80 Å². The quantitative estimate of drug-likeness (QED) is 0.752. The van der Waals surface area contributed by atoms with Gasteiger partial charge >= 0.3 is 0 Å². The Labute approximate surface area is 108 Å². The van der Waals surface area contributed by atoms with Crippen LogP contribution in [-0.4, -0.2) is 42.5 Å². The Bertz CT molecular complexity index is 425. The minimum absolute atomic E-state index is 0.0982.